The molecule has 17 heavy (non-hydrogen) atoms. The molecule has 94 valence electrons. The van der Waals surface area contributed by atoms with Gasteiger partial charge in [0.1, 0.15) is 5.82 Å². The topological polar surface area (TPSA) is 28.2 Å². The van der Waals surface area contributed by atoms with Crippen molar-refractivity contribution in [1.82, 2.24) is 10.3 Å². The van der Waals surface area contributed by atoms with Crippen LogP contribution in [0.15, 0.2) is 24.4 Å². The van der Waals surface area contributed by atoms with E-state index in [4.69, 9.17) is 0 Å². The molecular weight excluding hydrogens is 210 g/mol. The lowest BCUT2D eigenvalue weighted by Gasteiger charge is -2.31. The van der Waals surface area contributed by atoms with Gasteiger partial charge in [0.05, 0.1) is 0 Å². The lowest BCUT2D eigenvalue weighted by atomic mass is 9.86. The van der Waals surface area contributed by atoms with E-state index in [0.29, 0.717) is 0 Å². The average Bonchev–Trinajstić information content (AvgIpc) is 2.40. The minimum absolute atomic E-state index is 0.742. The molecule has 3 nitrogen and oxygen atoms in total. The summed E-state index contributed by atoms with van der Waals surface area (Å²) in [5.74, 6) is 1.91. The zero-order valence-corrected chi connectivity index (χ0v) is 10.9. The smallest absolute Gasteiger partial charge is 0.128 e. The third kappa shape index (κ3) is 3.43. The van der Waals surface area contributed by atoms with Gasteiger partial charge in [-0.15, -0.1) is 0 Å². The second-order valence-corrected chi connectivity index (χ2v) is 5.07. The van der Waals surface area contributed by atoms with Crippen molar-refractivity contribution in [3.63, 3.8) is 0 Å². The Morgan fingerprint density at radius 1 is 1.29 bits per heavy atom. The Kier molecular flexibility index (Phi) is 4.37. The maximum Gasteiger partial charge on any atom is 0.128 e. The molecule has 0 spiro atoms. The summed E-state index contributed by atoms with van der Waals surface area (Å²) in [6.07, 6.45) is 7.17. The predicted octanol–water partition coefficient (Wildman–Crippen LogP) is 2.30. The van der Waals surface area contributed by atoms with Crippen molar-refractivity contribution in [2.24, 2.45) is 5.92 Å². The van der Waals surface area contributed by atoms with E-state index in [2.05, 4.69) is 41.4 Å². The van der Waals surface area contributed by atoms with Crippen molar-refractivity contribution in [2.45, 2.75) is 31.7 Å². The maximum absolute atomic E-state index is 4.39. The van der Waals surface area contributed by atoms with Crippen molar-refractivity contribution < 1.29 is 0 Å². The summed E-state index contributed by atoms with van der Waals surface area (Å²) < 4.78 is 0. The molecule has 1 heterocycles. The fourth-order valence-electron chi connectivity index (χ4n) is 2.69. The van der Waals surface area contributed by atoms with E-state index in [9.17, 15) is 0 Å². The van der Waals surface area contributed by atoms with Crippen LogP contribution in [0.1, 0.15) is 25.7 Å². The number of pyridine rings is 1. The second-order valence-electron chi connectivity index (χ2n) is 5.07. The first-order chi connectivity index (χ1) is 8.29. The summed E-state index contributed by atoms with van der Waals surface area (Å²) in [5, 5.41) is 3.38. The van der Waals surface area contributed by atoms with Crippen LogP contribution in [0.25, 0.3) is 0 Å². The van der Waals surface area contributed by atoms with Gasteiger partial charge >= 0.3 is 0 Å². The number of anilines is 1. The van der Waals surface area contributed by atoms with Gasteiger partial charge in [-0.25, -0.2) is 4.98 Å². The van der Waals surface area contributed by atoms with Crippen LogP contribution < -0.4 is 10.2 Å². The molecule has 1 aliphatic carbocycles. The number of nitrogens with zero attached hydrogens (tertiary/aromatic N) is 2. The highest BCUT2D eigenvalue weighted by molar-refractivity contribution is 5.36. The van der Waals surface area contributed by atoms with Crippen molar-refractivity contribution >= 4 is 5.82 Å². The van der Waals surface area contributed by atoms with Gasteiger partial charge in [-0.1, -0.05) is 6.07 Å². The molecule has 0 saturated heterocycles. The monoisotopic (exact) mass is 233 g/mol. The molecule has 1 aromatic heterocycles. The Hall–Kier alpha value is -1.09. The van der Waals surface area contributed by atoms with E-state index in [-0.39, 0.29) is 0 Å². The molecule has 0 aliphatic heterocycles. The summed E-state index contributed by atoms with van der Waals surface area (Å²) in [6.45, 7) is 1.13. The minimum Gasteiger partial charge on any atom is -0.359 e. The quantitative estimate of drug-likeness (QED) is 0.865. The second kappa shape index (κ2) is 6.01. The Morgan fingerprint density at radius 2 is 2.06 bits per heavy atom. The van der Waals surface area contributed by atoms with E-state index in [1.165, 1.54) is 25.7 Å². The Morgan fingerprint density at radius 3 is 2.65 bits per heavy atom. The van der Waals surface area contributed by atoms with Crippen LogP contribution in [0.3, 0.4) is 0 Å². The number of hydrogen-bond donors (Lipinski definition) is 1. The standard InChI is InChI=1S/C14H23N3/c1-15-13-8-6-12(7-9-13)11-17(2)14-5-3-4-10-16-14/h3-5,10,12-13,15H,6-9,11H2,1-2H3. The molecule has 1 aliphatic rings. The normalized spacial score (nSPS) is 24.6. The molecule has 0 atom stereocenters. The molecule has 1 N–H and O–H groups in total. The fraction of sp³-hybridized carbons (Fsp3) is 0.643. The molecule has 1 fully saturated rings. The van der Waals surface area contributed by atoms with Crippen LogP contribution in [0.5, 0.6) is 0 Å². The van der Waals surface area contributed by atoms with E-state index < -0.39 is 0 Å². The Balaban J connectivity index is 1.82. The molecule has 1 saturated carbocycles. The van der Waals surface area contributed by atoms with Gasteiger partial charge in [0, 0.05) is 25.8 Å². The van der Waals surface area contributed by atoms with Crippen LogP contribution in [0, 0.1) is 5.92 Å². The first-order valence-corrected chi connectivity index (χ1v) is 6.59. The molecule has 3 heteroatoms. The largest absolute Gasteiger partial charge is 0.359 e. The summed E-state index contributed by atoms with van der Waals surface area (Å²) >= 11 is 0. The van der Waals surface area contributed by atoms with Crippen LogP contribution in [0.4, 0.5) is 5.82 Å². The highest BCUT2D eigenvalue weighted by atomic mass is 15.2. The first-order valence-electron chi connectivity index (χ1n) is 6.59. The number of hydrogen-bond acceptors (Lipinski definition) is 3. The highest BCUT2D eigenvalue weighted by Gasteiger charge is 2.21. The number of rotatable bonds is 4. The van der Waals surface area contributed by atoms with Gasteiger partial charge in [0.2, 0.25) is 0 Å². The lowest BCUT2D eigenvalue weighted by molar-refractivity contribution is 0.305. The minimum atomic E-state index is 0.742. The summed E-state index contributed by atoms with van der Waals surface area (Å²) in [5.41, 5.74) is 0. The van der Waals surface area contributed by atoms with Gasteiger partial charge in [0.15, 0.2) is 0 Å². The van der Waals surface area contributed by atoms with Gasteiger partial charge in [-0.05, 0) is 50.8 Å². The van der Waals surface area contributed by atoms with Crippen LogP contribution in [0.2, 0.25) is 0 Å². The molecule has 2 rings (SSSR count). The van der Waals surface area contributed by atoms with Crippen LogP contribution >= 0.6 is 0 Å². The third-order valence-electron chi connectivity index (χ3n) is 3.83. The fourth-order valence-corrected chi connectivity index (χ4v) is 2.69. The van der Waals surface area contributed by atoms with E-state index in [1.54, 1.807) is 0 Å². The summed E-state index contributed by atoms with van der Waals surface area (Å²) in [7, 11) is 4.22. The SMILES string of the molecule is CNC1CCC(CN(C)c2ccccn2)CC1. The zero-order chi connectivity index (χ0) is 12.1. The molecule has 1 aromatic rings. The molecule has 0 bridgehead atoms. The molecule has 0 radical (unpaired) electrons. The zero-order valence-electron chi connectivity index (χ0n) is 10.9. The Labute approximate surface area is 104 Å². The van der Waals surface area contributed by atoms with Crippen molar-refractivity contribution in [2.75, 3.05) is 25.5 Å². The van der Waals surface area contributed by atoms with E-state index in [0.717, 1.165) is 24.3 Å². The van der Waals surface area contributed by atoms with Crippen LogP contribution in [-0.4, -0.2) is 31.7 Å². The highest BCUT2D eigenvalue weighted by Crippen LogP contribution is 2.25. The molecule has 0 unspecified atom stereocenters. The van der Waals surface area contributed by atoms with Gasteiger partial charge in [0.25, 0.3) is 0 Å². The average molecular weight is 233 g/mol. The summed E-state index contributed by atoms with van der Waals surface area (Å²) in [4.78, 5) is 6.67. The molecule has 0 aromatic carbocycles. The Bertz CT molecular complexity index is 317. The molecular formula is C14H23N3. The van der Waals surface area contributed by atoms with E-state index in [1.807, 2.05) is 12.3 Å². The number of aromatic nitrogens is 1. The van der Waals surface area contributed by atoms with Gasteiger partial charge < -0.3 is 10.2 Å². The van der Waals surface area contributed by atoms with E-state index >= 15 is 0 Å². The molecule has 0 amide bonds. The number of nitrogens with one attached hydrogen (secondary N) is 1. The predicted molar refractivity (Wildman–Crippen MR) is 72.3 cm³/mol. The third-order valence-corrected chi connectivity index (χ3v) is 3.83. The van der Waals surface area contributed by atoms with Crippen LogP contribution in [-0.2, 0) is 0 Å². The van der Waals surface area contributed by atoms with Crippen molar-refractivity contribution in [3.05, 3.63) is 24.4 Å². The maximum atomic E-state index is 4.39. The summed E-state index contributed by atoms with van der Waals surface area (Å²) in [6, 6.07) is 6.84. The van der Waals surface area contributed by atoms with Crippen molar-refractivity contribution in [1.29, 1.82) is 0 Å². The first kappa shape index (κ1) is 12.4. The lowest BCUT2D eigenvalue weighted by Crippen LogP contribution is -2.34. The van der Waals surface area contributed by atoms with Gasteiger partial charge in [-0.3, -0.25) is 0 Å². The van der Waals surface area contributed by atoms with Crippen molar-refractivity contribution in [3.8, 4) is 0 Å². The van der Waals surface area contributed by atoms with Gasteiger partial charge in [-0.2, -0.15) is 0 Å².